The Kier molecular flexibility index (Phi) is 6.31. The van der Waals surface area contributed by atoms with Crippen molar-refractivity contribution < 1.29 is 9.59 Å². The Morgan fingerprint density at radius 1 is 0.929 bits per heavy atom. The van der Waals surface area contributed by atoms with Crippen LogP contribution in [0.25, 0.3) is 16.8 Å². The molecule has 0 fully saturated rings. The first-order chi connectivity index (χ1) is 13.6. The van der Waals surface area contributed by atoms with Crippen LogP contribution in [0.2, 0.25) is 0 Å². The predicted octanol–water partition coefficient (Wildman–Crippen LogP) is 3.78. The Hall–Kier alpha value is -3.73. The van der Waals surface area contributed by atoms with E-state index < -0.39 is 5.91 Å². The first kappa shape index (κ1) is 19.0. The van der Waals surface area contributed by atoms with E-state index in [2.05, 4.69) is 15.8 Å². The fourth-order valence-corrected chi connectivity index (χ4v) is 2.77. The Labute approximate surface area is 163 Å². The van der Waals surface area contributed by atoms with Crippen LogP contribution in [0, 0.1) is 0 Å². The maximum absolute atomic E-state index is 12.4. The van der Waals surface area contributed by atoms with Gasteiger partial charge >= 0.3 is 0 Å². The molecule has 0 saturated heterocycles. The number of hydrogen-bond donors (Lipinski definition) is 2. The van der Waals surface area contributed by atoms with Gasteiger partial charge in [-0.1, -0.05) is 72.8 Å². The lowest BCUT2D eigenvalue weighted by molar-refractivity contribution is -0.120. The highest BCUT2D eigenvalue weighted by atomic mass is 16.2. The molecule has 0 heterocycles. The van der Waals surface area contributed by atoms with Crippen molar-refractivity contribution in [2.24, 2.45) is 5.10 Å². The monoisotopic (exact) mass is 371 g/mol. The number of nitrogens with one attached hydrogen (secondary N) is 2. The van der Waals surface area contributed by atoms with Crippen molar-refractivity contribution in [2.75, 3.05) is 6.54 Å². The number of allylic oxidation sites excluding steroid dienone is 1. The molecule has 2 N–H and O–H groups in total. The number of fused-ring (bicyclic) bond motifs is 1. The molecule has 140 valence electrons. The van der Waals surface area contributed by atoms with Crippen LogP contribution in [0.1, 0.15) is 22.8 Å². The zero-order valence-electron chi connectivity index (χ0n) is 15.6. The van der Waals surface area contributed by atoms with Gasteiger partial charge in [0.15, 0.2) is 0 Å². The van der Waals surface area contributed by atoms with E-state index in [1.54, 1.807) is 12.3 Å². The summed E-state index contributed by atoms with van der Waals surface area (Å²) in [5, 5.41) is 8.38. The summed E-state index contributed by atoms with van der Waals surface area (Å²) >= 11 is 0. The molecule has 5 heteroatoms. The average molecular weight is 371 g/mol. The highest BCUT2D eigenvalue weighted by Crippen LogP contribution is 2.18. The number of benzene rings is 3. The first-order valence-electron chi connectivity index (χ1n) is 8.95. The van der Waals surface area contributed by atoms with Crippen molar-refractivity contribution in [2.45, 2.75) is 6.92 Å². The number of carbonyl (C=O) groups is 2. The van der Waals surface area contributed by atoms with Crippen molar-refractivity contribution >= 4 is 34.9 Å². The summed E-state index contributed by atoms with van der Waals surface area (Å²) in [4.78, 5) is 24.3. The maximum Gasteiger partial charge on any atom is 0.259 e. The van der Waals surface area contributed by atoms with E-state index in [0.29, 0.717) is 5.56 Å². The molecular weight excluding hydrogens is 350 g/mol. The number of hydrazone groups is 1. The second kappa shape index (κ2) is 9.28. The number of nitrogens with zero attached hydrogens (tertiary/aromatic N) is 1. The highest BCUT2D eigenvalue weighted by Gasteiger charge is 2.10. The summed E-state index contributed by atoms with van der Waals surface area (Å²) in [6.07, 6.45) is 3.52. The molecule has 0 aliphatic carbocycles. The van der Waals surface area contributed by atoms with Crippen LogP contribution in [0.3, 0.4) is 0 Å². The zero-order valence-corrected chi connectivity index (χ0v) is 15.6. The molecule has 0 aromatic heterocycles. The summed E-state index contributed by atoms with van der Waals surface area (Å²) in [5.74, 6) is -0.687. The van der Waals surface area contributed by atoms with Gasteiger partial charge in [0.05, 0.1) is 12.8 Å². The molecule has 0 radical (unpaired) electrons. The standard InChI is InChI=1S/C23H21N3O2/c1-17(14-18-8-3-2-4-9-18)15-25-26-22(27)16-24-23(28)21-13-7-11-19-10-5-6-12-20(19)21/h2-15H,16H2,1H3,(H,24,28)(H,26,27)/b17-14-,25-15-. The summed E-state index contributed by atoms with van der Waals surface area (Å²) < 4.78 is 0. The van der Waals surface area contributed by atoms with Crippen LogP contribution in [0.15, 0.2) is 83.5 Å². The first-order valence-corrected chi connectivity index (χ1v) is 8.95. The lowest BCUT2D eigenvalue weighted by Crippen LogP contribution is -2.35. The minimum absolute atomic E-state index is 0.152. The Morgan fingerprint density at radius 3 is 2.46 bits per heavy atom. The van der Waals surface area contributed by atoms with E-state index in [1.165, 1.54) is 0 Å². The van der Waals surface area contributed by atoms with Gasteiger partial charge < -0.3 is 5.32 Å². The quantitative estimate of drug-likeness (QED) is 0.511. The van der Waals surface area contributed by atoms with Gasteiger partial charge in [0.25, 0.3) is 11.8 Å². The Morgan fingerprint density at radius 2 is 1.64 bits per heavy atom. The fraction of sp³-hybridized carbons (Fsp3) is 0.0870. The third-order valence-electron chi connectivity index (χ3n) is 4.10. The summed E-state index contributed by atoms with van der Waals surface area (Å²) in [6, 6.07) is 23.0. The van der Waals surface area contributed by atoms with E-state index in [4.69, 9.17) is 0 Å². The van der Waals surface area contributed by atoms with E-state index in [-0.39, 0.29) is 12.5 Å². The van der Waals surface area contributed by atoms with Crippen molar-refractivity contribution in [3.8, 4) is 0 Å². The summed E-state index contributed by atoms with van der Waals surface area (Å²) in [5.41, 5.74) is 4.91. The molecule has 5 nitrogen and oxygen atoms in total. The van der Waals surface area contributed by atoms with Gasteiger partial charge in [0.2, 0.25) is 0 Å². The van der Waals surface area contributed by atoms with E-state index in [1.807, 2.05) is 79.7 Å². The van der Waals surface area contributed by atoms with Crippen molar-refractivity contribution in [3.05, 3.63) is 89.5 Å². The highest BCUT2D eigenvalue weighted by molar-refractivity contribution is 6.07. The van der Waals surface area contributed by atoms with Gasteiger partial charge in [-0.05, 0) is 34.9 Å². The van der Waals surface area contributed by atoms with Crippen LogP contribution < -0.4 is 10.7 Å². The third-order valence-corrected chi connectivity index (χ3v) is 4.10. The van der Waals surface area contributed by atoms with Gasteiger partial charge in [0.1, 0.15) is 0 Å². The van der Waals surface area contributed by atoms with Crippen LogP contribution in [-0.2, 0) is 4.79 Å². The molecule has 3 aromatic carbocycles. The minimum Gasteiger partial charge on any atom is -0.343 e. The molecule has 0 spiro atoms. The molecule has 3 rings (SSSR count). The Bertz CT molecular complexity index is 1030. The molecule has 0 aliphatic heterocycles. The summed E-state index contributed by atoms with van der Waals surface area (Å²) in [6.45, 7) is 1.74. The molecular formula is C23H21N3O2. The van der Waals surface area contributed by atoms with Gasteiger partial charge in [0, 0.05) is 5.56 Å². The molecule has 0 aliphatic rings. The fourth-order valence-electron chi connectivity index (χ4n) is 2.77. The normalized spacial score (nSPS) is 11.5. The summed E-state index contributed by atoms with van der Waals surface area (Å²) in [7, 11) is 0. The largest absolute Gasteiger partial charge is 0.343 e. The van der Waals surface area contributed by atoms with Gasteiger partial charge in [-0.15, -0.1) is 0 Å². The number of carbonyl (C=O) groups excluding carboxylic acids is 2. The molecule has 28 heavy (non-hydrogen) atoms. The molecule has 2 amide bonds. The van der Waals surface area contributed by atoms with E-state index >= 15 is 0 Å². The molecule has 3 aromatic rings. The van der Waals surface area contributed by atoms with Crippen molar-refractivity contribution in [1.82, 2.24) is 10.7 Å². The van der Waals surface area contributed by atoms with Crippen LogP contribution in [0.5, 0.6) is 0 Å². The van der Waals surface area contributed by atoms with Crippen molar-refractivity contribution in [3.63, 3.8) is 0 Å². The SMILES string of the molecule is CC(/C=N\NC(=O)CNC(=O)c1cccc2ccccc12)=C/c1ccccc1. The van der Waals surface area contributed by atoms with Gasteiger partial charge in [-0.3, -0.25) is 9.59 Å². The zero-order chi connectivity index (χ0) is 19.8. The second-order valence-electron chi connectivity index (χ2n) is 6.30. The van der Waals surface area contributed by atoms with Crippen LogP contribution in [0.4, 0.5) is 0 Å². The second-order valence-corrected chi connectivity index (χ2v) is 6.30. The lowest BCUT2D eigenvalue weighted by Gasteiger charge is -2.07. The van der Waals surface area contributed by atoms with E-state index in [9.17, 15) is 9.59 Å². The van der Waals surface area contributed by atoms with Crippen LogP contribution >= 0.6 is 0 Å². The van der Waals surface area contributed by atoms with Crippen LogP contribution in [-0.4, -0.2) is 24.6 Å². The molecule has 0 saturated carbocycles. The number of amides is 2. The molecule has 0 bridgehead atoms. The average Bonchev–Trinajstić information content (AvgIpc) is 2.72. The Balaban J connectivity index is 1.52. The molecule has 0 unspecified atom stereocenters. The van der Waals surface area contributed by atoms with Crippen molar-refractivity contribution in [1.29, 1.82) is 0 Å². The van der Waals surface area contributed by atoms with Gasteiger partial charge in [-0.2, -0.15) is 5.10 Å². The molecule has 0 atom stereocenters. The van der Waals surface area contributed by atoms with E-state index in [0.717, 1.165) is 21.9 Å². The smallest absolute Gasteiger partial charge is 0.259 e. The lowest BCUT2D eigenvalue weighted by atomic mass is 10.0. The minimum atomic E-state index is -0.391. The number of rotatable bonds is 6. The van der Waals surface area contributed by atoms with Gasteiger partial charge in [-0.25, -0.2) is 5.43 Å². The maximum atomic E-state index is 12.4. The number of hydrogen-bond acceptors (Lipinski definition) is 3. The topological polar surface area (TPSA) is 70.6 Å². The third kappa shape index (κ3) is 5.14. The predicted molar refractivity (Wildman–Crippen MR) is 113 cm³/mol.